The molecular formula is C22H34F13NO6. The Hall–Kier alpha value is -1.19. The first-order valence-electron chi connectivity index (χ1n) is 12.2. The van der Waals surface area contributed by atoms with Crippen molar-refractivity contribution in [3.8, 4) is 0 Å². The molecule has 0 atom stereocenters. The van der Waals surface area contributed by atoms with Gasteiger partial charge in [-0.15, -0.1) is 0 Å². The molecule has 0 radical (unpaired) electrons. The predicted molar refractivity (Wildman–Crippen MR) is 119 cm³/mol. The topological polar surface area (TPSA) is 58.6 Å². The van der Waals surface area contributed by atoms with Gasteiger partial charge < -0.3 is 28.4 Å². The van der Waals surface area contributed by atoms with Crippen LogP contribution in [0.3, 0.4) is 0 Å². The van der Waals surface area contributed by atoms with Crippen LogP contribution < -0.4 is 0 Å². The van der Waals surface area contributed by atoms with Gasteiger partial charge in [-0.25, -0.2) is 0 Å². The predicted octanol–water partition coefficient (Wildman–Crippen LogP) is 4.78. The number of alkyl halides is 13. The van der Waals surface area contributed by atoms with E-state index in [-0.39, 0.29) is 79.2 Å². The van der Waals surface area contributed by atoms with Gasteiger partial charge in [0.2, 0.25) is 0 Å². The van der Waals surface area contributed by atoms with Crippen LogP contribution in [0.1, 0.15) is 6.42 Å². The Morgan fingerprint density at radius 3 is 1.10 bits per heavy atom. The molecular weight excluding hydrogens is 621 g/mol. The SMILES string of the molecule is COCCOCCOCCN(CCOCCOCCOC)CCC(F)(F)C(F)(F)C(F)(F)C(F)(F)C(F)(F)C(F)(F)F. The average molecular weight is 655 g/mol. The van der Waals surface area contributed by atoms with E-state index in [2.05, 4.69) is 0 Å². The molecule has 42 heavy (non-hydrogen) atoms. The smallest absolute Gasteiger partial charge is 0.382 e. The molecule has 0 heterocycles. The first kappa shape index (κ1) is 40.8. The number of methoxy groups -OCH3 is 2. The van der Waals surface area contributed by atoms with Crippen LogP contribution >= 0.6 is 0 Å². The van der Waals surface area contributed by atoms with Gasteiger partial charge in [0.05, 0.1) is 66.1 Å². The lowest BCUT2D eigenvalue weighted by Crippen LogP contribution is -2.70. The maximum Gasteiger partial charge on any atom is 0.460 e. The summed E-state index contributed by atoms with van der Waals surface area (Å²) >= 11 is 0. The summed E-state index contributed by atoms with van der Waals surface area (Å²) in [4.78, 5) is 0.919. The van der Waals surface area contributed by atoms with E-state index >= 15 is 0 Å². The zero-order valence-electron chi connectivity index (χ0n) is 22.7. The molecule has 0 bridgehead atoms. The summed E-state index contributed by atoms with van der Waals surface area (Å²) in [6.45, 7) is -1.22. The van der Waals surface area contributed by atoms with Crippen molar-refractivity contribution in [2.75, 3.05) is 99.9 Å². The molecule has 0 aliphatic heterocycles. The fourth-order valence-electron chi connectivity index (χ4n) is 2.91. The van der Waals surface area contributed by atoms with Gasteiger partial charge in [0, 0.05) is 40.3 Å². The fraction of sp³-hybridized carbons (Fsp3) is 1.00. The van der Waals surface area contributed by atoms with Crippen molar-refractivity contribution in [2.45, 2.75) is 42.2 Å². The molecule has 0 rings (SSSR count). The van der Waals surface area contributed by atoms with Crippen LogP contribution in [0.15, 0.2) is 0 Å². The van der Waals surface area contributed by atoms with E-state index < -0.39 is 48.8 Å². The maximum atomic E-state index is 14.2. The van der Waals surface area contributed by atoms with Crippen molar-refractivity contribution in [3.05, 3.63) is 0 Å². The van der Waals surface area contributed by atoms with Gasteiger partial charge in [-0.3, -0.25) is 4.90 Å². The third-order valence-corrected chi connectivity index (χ3v) is 5.45. The summed E-state index contributed by atoms with van der Waals surface area (Å²) in [5, 5.41) is 0. The van der Waals surface area contributed by atoms with E-state index in [1.807, 2.05) is 0 Å². The molecule has 0 aromatic carbocycles. The Balaban J connectivity index is 5.36. The van der Waals surface area contributed by atoms with Crippen LogP contribution in [0.5, 0.6) is 0 Å². The summed E-state index contributed by atoms with van der Waals surface area (Å²) in [6.07, 6.45) is -9.78. The number of rotatable bonds is 25. The molecule has 0 saturated carbocycles. The minimum atomic E-state index is -7.93. The Kier molecular flexibility index (Phi) is 17.4. The lowest BCUT2D eigenvalue weighted by Gasteiger charge is -2.40. The third-order valence-electron chi connectivity index (χ3n) is 5.45. The molecule has 0 aromatic rings. The molecule has 0 spiro atoms. The molecule has 20 heteroatoms. The highest BCUT2D eigenvalue weighted by atomic mass is 19.4. The second-order valence-corrected chi connectivity index (χ2v) is 8.53. The molecule has 0 saturated heterocycles. The molecule has 0 aliphatic rings. The fourth-order valence-corrected chi connectivity index (χ4v) is 2.91. The molecule has 7 nitrogen and oxygen atoms in total. The van der Waals surface area contributed by atoms with Gasteiger partial charge in [-0.05, 0) is 0 Å². The standard InChI is InChI=1S/C22H34F13NO6/c1-37-9-11-41-15-13-39-7-5-36(6-8-40-14-16-42-12-10-38-2)4-3-17(23,24)18(25,26)19(27,28)20(29,30)21(31,32)22(33,34)35/h3-16H2,1-2H3. The lowest BCUT2D eigenvalue weighted by molar-refractivity contribution is -0.440. The van der Waals surface area contributed by atoms with E-state index in [9.17, 15) is 57.1 Å². The Morgan fingerprint density at radius 2 is 0.738 bits per heavy atom. The summed E-state index contributed by atoms with van der Waals surface area (Å²) < 4.78 is 204. The minimum Gasteiger partial charge on any atom is -0.382 e. The van der Waals surface area contributed by atoms with Crippen molar-refractivity contribution in [1.29, 1.82) is 0 Å². The van der Waals surface area contributed by atoms with Gasteiger partial charge in [-0.1, -0.05) is 0 Å². The zero-order valence-corrected chi connectivity index (χ0v) is 22.7. The second-order valence-electron chi connectivity index (χ2n) is 8.53. The normalized spacial score (nSPS) is 14.3. The van der Waals surface area contributed by atoms with E-state index in [1.165, 1.54) is 14.2 Å². The van der Waals surface area contributed by atoms with Crippen LogP contribution in [0.25, 0.3) is 0 Å². The summed E-state index contributed by atoms with van der Waals surface area (Å²) in [5.41, 5.74) is 0. The van der Waals surface area contributed by atoms with Crippen molar-refractivity contribution < 1.29 is 85.5 Å². The van der Waals surface area contributed by atoms with E-state index in [4.69, 9.17) is 28.4 Å². The van der Waals surface area contributed by atoms with Crippen molar-refractivity contribution in [3.63, 3.8) is 0 Å². The van der Waals surface area contributed by atoms with Crippen LogP contribution in [0.2, 0.25) is 0 Å². The van der Waals surface area contributed by atoms with Gasteiger partial charge in [-0.2, -0.15) is 57.1 Å². The molecule has 0 N–H and O–H groups in total. The van der Waals surface area contributed by atoms with Crippen molar-refractivity contribution in [2.24, 2.45) is 0 Å². The maximum absolute atomic E-state index is 14.2. The molecule has 0 aliphatic carbocycles. The van der Waals surface area contributed by atoms with Crippen molar-refractivity contribution in [1.82, 2.24) is 4.90 Å². The third kappa shape index (κ3) is 11.4. The molecule has 0 fully saturated rings. The van der Waals surface area contributed by atoms with E-state index in [0.717, 1.165) is 4.90 Å². The lowest BCUT2D eigenvalue weighted by atomic mass is 9.92. The number of halogens is 13. The van der Waals surface area contributed by atoms with Gasteiger partial charge >= 0.3 is 35.8 Å². The summed E-state index contributed by atoms with van der Waals surface area (Å²) in [7, 11) is 2.85. The van der Waals surface area contributed by atoms with Crippen LogP contribution in [0.4, 0.5) is 57.1 Å². The van der Waals surface area contributed by atoms with Gasteiger partial charge in [0.15, 0.2) is 0 Å². The highest BCUT2D eigenvalue weighted by Crippen LogP contribution is 2.60. The first-order valence-corrected chi connectivity index (χ1v) is 12.2. The molecule has 0 unspecified atom stereocenters. The van der Waals surface area contributed by atoms with Gasteiger partial charge in [0.25, 0.3) is 0 Å². The monoisotopic (exact) mass is 655 g/mol. The summed E-state index contributed by atoms with van der Waals surface area (Å²) in [5.74, 6) is -37.0. The number of hydrogen-bond donors (Lipinski definition) is 0. The van der Waals surface area contributed by atoms with Crippen molar-refractivity contribution >= 4 is 0 Å². The molecule has 0 amide bonds. The molecule has 0 aromatic heterocycles. The number of hydrogen-bond acceptors (Lipinski definition) is 7. The van der Waals surface area contributed by atoms with E-state index in [0.29, 0.717) is 0 Å². The second kappa shape index (κ2) is 17.9. The average Bonchev–Trinajstić information content (AvgIpc) is 2.88. The minimum absolute atomic E-state index is 0.0180. The Morgan fingerprint density at radius 1 is 0.405 bits per heavy atom. The number of nitrogens with zero attached hydrogens (tertiary/aromatic N) is 1. The highest BCUT2D eigenvalue weighted by Gasteiger charge is 2.90. The zero-order chi connectivity index (χ0) is 32.7. The van der Waals surface area contributed by atoms with Crippen LogP contribution in [0, 0.1) is 0 Å². The van der Waals surface area contributed by atoms with Crippen LogP contribution in [-0.2, 0) is 28.4 Å². The summed E-state index contributed by atoms with van der Waals surface area (Å²) in [6, 6.07) is 0. The quantitative estimate of drug-likeness (QED) is 0.104. The number of ether oxygens (including phenoxy) is 6. The van der Waals surface area contributed by atoms with Crippen LogP contribution in [-0.4, -0.2) is 141 Å². The Bertz CT molecular complexity index is 709. The highest BCUT2D eigenvalue weighted by molar-refractivity contribution is 5.10. The van der Waals surface area contributed by atoms with E-state index in [1.54, 1.807) is 0 Å². The largest absolute Gasteiger partial charge is 0.460 e. The first-order chi connectivity index (χ1) is 19.2. The van der Waals surface area contributed by atoms with Gasteiger partial charge in [0.1, 0.15) is 0 Å². The Labute approximate surface area is 233 Å². The molecule has 254 valence electrons.